The zero-order valence-electron chi connectivity index (χ0n) is 12.5. The van der Waals surface area contributed by atoms with E-state index in [4.69, 9.17) is 17.3 Å². The Balaban J connectivity index is 1.97. The molecule has 1 heterocycles. The summed E-state index contributed by atoms with van der Waals surface area (Å²) in [5, 5.41) is 0.0775. The fourth-order valence-corrected chi connectivity index (χ4v) is 3.44. The van der Waals surface area contributed by atoms with Crippen LogP contribution in [0.4, 0.5) is 11.4 Å². The molecule has 0 saturated heterocycles. The Morgan fingerprint density at radius 1 is 0.958 bits per heavy atom. The van der Waals surface area contributed by atoms with Crippen LogP contribution in [0, 0.1) is 0 Å². The predicted octanol–water partition coefficient (Wildman–Crippen LogP) is 3.79. The number of nitrogens with two attached hydrogens (primary N) is 1. The van der Waals surface area contributed by atoms with Gasteiger partial charge in [-0.1, -0.05) is 41.9 Å². The van der Waals surface area contributed by atoms with Gasteiger partial charge >= 0.3 is 0 Å². The molecule has 0 aliphatic carbocycles. The first-order valence-electron chi connectivity index (χ1n) is 7.05. The van der Waals surface area contributed by atoms with Crippen LogP contribution >= 0.6 is 11.6 Å². The summed E-state index contributed by atoms with van der Waals surface area (Å²) < 4.78 is 27.3. The molecule has 0 amide bonds. The van der Waals surface area contributed by atoms with Gasteiger partial charge in [0.2, 0.25) is 0 Å². The van der Waals surface area contributed by atoms with Crippen LogP contribution in [-0.2, 0) is 10.0 Å². The van der Waals surface area contributed by atoms with Gasteiger partial charge in [-0.15, -0.1) is 0 Å². The lowest BCUT2D eigenvalue weighted by molar-refractivity contribution is 0.601. The third-order valence-electron chi connectivity index (χ3n) is 3.38. The molecule has 0 aliphatic rings. The molecule has 3 aromatic rings. The van der Waals surface area contributed by atoms with E-state index < -0.39 is 10.0 Å². The van der Waals surface area contributed by atoms with Crippen molar-refractivity contribution in [3.63, 3.8) is 0 Å². The standard InChI is InChI=1S/C17H14ClN3O2S/c18-17-16(21-24(22,23)15-4-2-1-3-5-15)10-13(11-20-17)12-6-8-14(19)9-7-12/h1-11,21H,19H2. The average Bonchev–Trinajstić information content (AvgIpc) is 2.58. The van der Waals surface area contributed by atoms with E-state index in [0.29, 0.717) is 5.69 Å². The Labute approximate surface area is 145 Å². The minimum absolute atomic E-state index is 0.0775. The highest BCUT2D eigenvalue weighted by molar-refractivity contribution is 7.92. The number of anilines is 2. The minimum Gasteiger partial charge on any atom is -0.399 e. The lowest BCUT2D eigenvalue weighted by Crippen LogP contribution is -2.13. The number of aromatic nitrogens is 1. The van der Waals surface area contributed by atoms with Crippen molar-refractivity contribution in [1.29, 1.82) is 0 Å². The Kier molecular flexibility index (Phi) is 4.42. The second-order valence-corrected chi connectivity index (χ2v) is 7.14. The third kappa shape index (κ3) is 3.50. The van der Waals surface area contributed by atoms with Gasteiger partial charge in [-0.05, 0) is 35.9 Å². The largest absolute Gasteiger partial charge is 0.399 e. The van der Waals surface area contributed by atoms with Gasteiger partial charge in [0, 0.05) is 17.4 Å². The summed E-state index contributed by atoms with van der Waals surface area (Å²) in [6.45, 7) is 0. The molecule has 2 aromatic carbocycles. The van der Waals surface area contributed by atoms with Crippen LogP contribution in [0.15, 0.2) is 71.8 Å². The lowest BCUT2D eigenvalue weighted by atomic mass is 10.1. The van der Waals surface area contributed by atoms with Crippen molar-refractivity contribution in [2.45, 2.75) is 4.90 Å². The second-order valence-electron chi connectivity index (χ2n) is 5.10. The fourth-order valence-electron chi connectivity index (χ4n) is 2.16. The molecule has 3 rings (SSSR count). The monoisotopic (exact) mass is 359 g/mol. The van der Waals surface area contributed by atoms with Gasteiger partial charge in [0.15, 0.2) is 5.15 Å². The maximum atomic E-state index is 12.4. The van der Waals surface area contributed by atoms with Gasteiger partial charge in [0.1, 0.15) is 0 Å². The van der Waals surface area contributed by atoms with Crippen molar-refractivity contribution in [2.75, 3.05) is 10.5 Å². The van der Waals surface area contributed by atoms with Crippen LogP contribution in [0.5, 0.6) is 0 Å². The van der Waals surface area contributed by atoms with Gasteiger partial charge < -0.3 is 5.73 Å². The maximum absolute atomic E-state index is 12.4. The molecule has 0 atom stereocenters. The molecule has 0 bridgehead atoms. The number of halogens is 1. The van der Waals surface area contributed by atoms with E-state index in [1.54, 1.807) is 42.6 Å². The van der Waals surface area contributed by atoms with Crippen LogP contribution in [-0.4, -0.2) is 13.4 Å². The van der Waals surface area contributed by atoms with Crippen molar-refractivity contribution >= 4 is 33.0 Å². The van der Waals surface area contributed by atoms with Crippen LogP contribution in [0.25, 0.3) is 11.1 Å². The summed E-state index contributed by atoms with van der Waals surface area (Å²) >= 11 is 6.04. The normalized spacial score (nSPS) is 11.2. The number of hydrogen-bond donors (Lipinski definition) is 2. The molecule has 1 aromatic heterocycles. The average molecular weight is 360 g/mol. The van der Waals surface area contributed by atoms with E-state index in [-0.39, 0.29) is 15.7 Å². The second kappa shape index (κ2) is 6.51. The van der Waals surface area contributed by atoms with Crippen LogP contribution in [0.1, 0.15) is 0 Å². The Morgan fingerprint density at radius 3 is 2.29 bits per heavy atom. The molecule has 0 unspecified atom stereocenters. The Hall–Kier alpha value is -2.57. The molecule has 122 valence electrons. The molecule has 0 saturated carbocycles. The number of benzene rings is 2. The summed E-state index contributed by atoms with van der Waals surface area (Å²) in [5.41, 5.74) is 8.12. The van der Waals surface area contributed by atoms with Crippen LogP contribution < -0.4 is 10.5 Å². The molecule has 5 nitrogen and oxygen atoms in total. The quantitative estimate of drug-likeness (QED) is 0.548. The van der Waals surface area contributed by atoms with E-state index in [2.05, 4.69) is 9.71 Å². The number of nitrogens with one attached hydrogen (secondary N) is 1. The highest BCUT2D eigenvalue weighted by atomic mass is 35.5. The molecular weight excluding hydrogens is 346 g/mol. The first-order valence-corrected chi connectivity index (χ1v) is 8.91. The number of hydrogen-bond acceptors (Lipinski definition) is 4. The van der Waals surface area contributed by atoms with Crippen molar-refractivity contribution in [1.82, 2.24) is 4.98 Å². The highest BCUT2D eigenvalue weighted by Gasteiger charge is 2.16. The highest BCUT2D eigenvalue weighted by Crippen LogP contribution is 2.28. The Morgan fingerprint density at radius 2 is 1.62 bits per heavy atom. The number of sulfonamides is 1. The summed E-state index contributed by atoms with van der Waals surface area (Å²) in [6.07, 6.45) is 1.58. The first kappa shape index (κ1) is 16.3. The van der Waals surface area contributed by atoms with Gasteiger partial charge in [0.05, 0.1) is 10.6 Å². The molecule has 7 heteroatoms. The van der Waals surface area contributed by atoms with E-state index in [1.165, 1.54) is 12.1 Å². The first-order chi connectivity index (χ1) is 11.5. The molecule has 0 aliphatic heterocycles. The zero-order chi connectivity index (χ0) is 17.2. The summed E-state index contributed by atoms with van der Waals surface area (Å²) in [4.78, 5) is 4.21. The Bertz CT molecular complexity index is 959. The molecule has 24 heavy (non-hydrogen) atoms. The van der Waals surface area contributed by atoms with Gasteiger partial charge in [0.25, 0.3) is 10.0 Å². The van der Waals surface area contributed by atoms with Crippen molar-refractivity contribution < 1.29 is 8.42 Å². The van der Waals surface area contributed by atoms with E-state index in [1.807, 2.05) is 12.1 Å². The van der Waals surface area contributed by atoms with Gasteiger partial charge in [-0.25, -0.2) is 13.4 Å². The number of nitrogen functional groups attached to an aromatic ring is 1. The SMILES string of the molecule is Nc1ccc(-c2cnc(Cl)c(NS(=O)(=O)c3ccccc3)c2)cc1. The van der Waals surface area contributed by atoms with Gasteiger partial charge in [-0.3, -0.25) is 4.72 Å². The molecule has 0 radical (unpaired) electrons. The maximum Gasteiger partial charge on any atom is 0.261 e. The van der Waals surface area contributed by atoms with Crippen molar-refractivity contribution in [3.05, 3.63) is 72.0 Å². The van der Waals surface area contributed by atoms with Crippen LogP contribution in [0.2, 0.25) is 5.15 Å². The fraction of sp³-hybridized carbons (Fsp3) is 0. The summed E-state index contributed by atoms with van der Waals surface area (Å²) in [7, 11) is -3.74. The third-order valence-corrected chi connectivity index (χ3v) is 5.06. The van der Waals surface area contributed by atoms with E-state index >= 15 is 0 Å². The van der Waals surface area contributed by atoms with Gasteiger partial charge in [-0.2, -0.15) is 0 Å². The minimum atomic E-state index is -3.74. The van der Waals surface area contributed by atoms with Crippen molar-refractivity contribution in [2.24, 2.45) is 0 Å². The molecule has 3 N–H and O–H groups in total. The molecule has 0 spiro atoms. The predicted molar refractivity (Wildman–Crippen MR) is 96.3 cm³/mol. The number of nitrogens with zero attached hydrogens (tertiary/aromatic N) is 1. The van der Waals surface area contributed by atoms with Crippen LogP contribution in [0.3, 0.4) is 0 Å². The summed E-state index contributed by atoms with van der Waals surface area (Å²) in [6, 6.07) is 16.9. The van der Waals surface area contributed by atoms with Crippen molar-refractivity contribution in [3.8, 4) is 11.1 Å². The van der Waals surface area contributed by atoms with E-state index in [0.717, 1.165) is 11.1 Å². The topological polar surface area (TPSA) is 85.1 Å². The number of rotatable bonds is 4. The molecular formula is C17H14ClN3O2S. The van der Waals surface area contributed by atoms with E-state index in [9.17, 15) is 8.42 Å². The summed E-state index contributed by atoms with van der Waals surface area (Å²) in [5.74, 6) is 0. The zero-order valence-corrected chi connectivity index (χ0v) is 14.1. The molecule has 0 fully saturated rings. The number of pyridine rings is 1. The lowest BCUT2D eigenvalue weighted by Gasteiger charge is -2.11. The smallest absolute Gasteiger partial charge is 0.261 e.